The average molecular weight is 319 g/mol. The minimum atomic E-state index is -0.299. The monoisotopic (exact) mass is 319 g/mol. The molecule has 126 valence electrons. The van der Waals surface area contributed by atoms with E-state index < -0.39 is 0 Å². The second-order valence-corrected chi connectivity index (χ2v) is 6.83. The summed E-state index contributed by atoms with van der Waals surface area (Å²) in [7, 11) is 0. The maximum atomic E-state index is 12.5. The summed E-state index contributed by atoms with van der Waals surface area (Å²) in [5, 5.41) is 5.58. The van der Waals surface area contributed by atoms with Crippen molar-refractivity contribution in [3.63, 3.8) is 0 Å². The zero-order valence-corrected chi connectivity index (χ0v) is 14.2. The zero-order chi connectivity index (χ0) is 17.0. The van der Waals surface area contributed by atoms with Crippen LogP contribution in [0.25, 0.3) is 0 Å². The van der Waals surface area contributed by atoms with Gasteiger partial charge in [-0.1, -0.05) is 0 Å². The largest absolute Gasteiger partial charge is 0.377 e. The van der Waals surface area contributed by atoms with Crippen molar-refractivity contribution in [1.82, 2.24) is 10.2 Å². The topological polar surface area (TPSA) is 70.7 Å². The molecule has 1 aliphatic rings. The number of anilines is 1. The summed E-state index contributed by atoms with van der Waals surface area (Å²) in [5.41, 5.74) is 0.964. The predicted molar refractivity (Wildman–Crippen MR) is 89.7 cm³/mol. The molecule has 1 heterocycles. The lowest BCUT2D eigenvalue weighted by Crippen LogP contribution is -2.47. The summed E-state index contributed by atoms with van der Waals surface area (Å²) in [4.78, 5) is 26.1. The van der Waals surface area contributed by atoms with Gasteiger partial charge >= 0.3 is 6.03 Å². The Balaban J connectivity index is 1.99. The third-order valence-corrected chi connectivity index (χ3v) is 3.51. The normalized spacial score (nSPS) is 18.4. The number of urea groups is 1. The first kappa shape index (κ1) is 17.3. The molecule has 2 rings (SSSR count). The van der Waals surface area contributed by atoms with E-state index in [0.717, 1.165) is 0 Å². The van der Waals surface area contributed by atoms with Gasteiger partial charge in [-0.25, -0.2) is 4.79 Å². The number of rotatable bonds is 2. The highest BCUT2D eigenvalue weighted by Crippen LogP contribution is 2.15. The third kappa shape index (κ3) is 4.96. The van der Waals surface area contributed by atoms with Crippen LogP contribution >= 0.6 is 0 Å². The number of hydrogen-bond acceptors (Lipinski definition) is 3. The SMILES string of the molecule is CC1COCCN1C(=O)c1ccc(NC(=O)NC(C)(C)C)cc1. The van der Waals surface area contributed by atoms with Crippen LogP contribution in [-0.2, 0) is 4.74 Å². The number of benzene rings is 1. The summed E-state index contributed by atoms with van der Waals surface area (Å²) in [6, 6.07) is 6.75. The van der Waals surface area contributed by atoms with Crippen molar-refractivity contribution in [2.24, 2.45) is 0 Å². The zero-order valence-electron chi connectivity index (χ0n) is 14.2. The van der Waals surface area contributed by atoms with Crippen LogP contribution in [0.15, 0.2) is 24.3 Å². The van der Waals surface area contributed by atoms with Crippen LogP contribution in [0.3, 0.4) is 0 Å². The average Bonchev–Trinajstić information content (AvgIpc) is 2.46. The molecule has 1 unspecified atom stereocenters. The highest BCUT2D eigenvalue weighted by molar-refractivity contribution is 5.95. The first-order chi connectivity index (χ1) is 10.8. The fraction of sp³-hybridized carbons (Fsp3) is 0.529. The molecule has 1 aromatic rings. The lowest BCUT2D eigenvalue weighted by molar-refractivity contribution is 0.00359. The van der Waals surface area contributed by atoms with Crippen LogP contribution in [0, 0.1) is 0 Å². The van der Waals surface area contributed by atoms with E-state index in [0.29, 0.717) is 31.0 Å². The number of nitrogens with one attached hydrogen (secondary N) is 2. The van der Waals surface area contributed by atoms with Crippen LogP contribution < -0.4 is 10.6 Å². The quantitative estimate of drug-likeness (QED) is 0.880. The first-order valence-electron chi connectivity index (χ1n) is 7.84. The van der Waals surface area contributed by atoms with E-state index in [4.69, 9.17) is 4.74 Å². The molecule has 1 atom stereocenters. The van der Waals surface area contributed by atoms with E-state index in [1.165, 1.54) is 0 Å². The summed E-state index contributed by atoms with van der Waals surface area (Å²) in [6.45, 7) is 9.46. The molecule has 0 radical (unpaired) electrons. The number of carbonyl (C=O) groups excluding carboxylic acids is 2. The molecule has 1 aliphatic heterocycles. The number of nitrogens with zero attached hydrogens (tertiary/aromatic N) is 1. The molecule has 0 bridgehead atoms. The first-order valence-corrected chi connectivity index (χ1v) is 7.84. The van der Waals surface area contributed by atoms with Gasteiger partial charge in [-0.15, -0.1) is 0 Å². The number of ether oxygens (including phenoxy) is 1. The molecule has 1 aromatic carbocycles. The molecular formula is C17H25N3O3. The Labute approximate surface area is 137 Å². The molecule has 1 fully saturated rings. The maximum absolute atomic E-state index is 12.5. The van der Waals surface area contributed by atoms with Gasteiger partial charge in [0, 0.05) is 23.3 Å². The molecule has 0 aliphatic carbocycles. The lowest BCUT2D eigenvalue weighted by Gasteiger charge is -2.33. The van der Waals surface area contributed by atoms with Crippen molar-refractivity contribution in [3.8, 4) is 0 Å². The minimum absolute atomic E-state index is 0.00788. The van der Waals surface area contributed by atoms with Gasteiger partial charge < -0.3 is 20.3 Å². The third-order valence-electron chi connectivity index (χ3n) is 3.51. The molecule has 1 saturated heterocycles. The smallest absolute Gasteiger partial charge is 0.319 e. The van der Waals surface area contributed by atoms with E-state index in [9.17, 15) is 9.59 Å². The van der Waals surface area contributed by atoms with Crippen molar-refractivity contribution in [1.29, 1.82) is 0 Å². The van der Waals surface area contributed by atoms with Gasteiger partial charge in [0.2, 0.25) is 0 Å². The van der Waals surface area contributed by atoms with E-state index in [-0.39, 0.29) is 23.5 Å². The van der Waals surface area contributed by atoms with Gasteiger partial charge in [0.05, 0.1) is 19.3 Å². The highest BCUT2D eigenvalue weighted by atomic mass is 16.5. The number of amides is 3. The van der Waals surface area contributed by atoms with Gasteiger partial charge in [0.15, 0.2) is 0 Å². The van der Waals surface area contributed by atoms with E-state index >= 15 is 0 Å². The standard InChI is InChI=1S/C17H25N3O3/c1-12-11-23-10-9-20(12)15(21)13-5-7-14(8-6-13)18-16(22)19-17(2,3)4/h5-8,12H,9-11H2,1-4H3,(H2,18,19,22). The summed E-state index contributed by atoms with van der Waals surface area (Å²) >= 11 is 0. The molecule has 3 amide bonds. The Kier molecular flexibility index (Phi) is 5.26. The fourth-order valence-electron chi connectivity index (χ4n) is 2.39. The summed E-state index contributed by atoms with van der Waals surface area (Å²) in [5.74, 6) is -0.00788. The van der Waals surface area contributed by atoms with E-state index in [1.807, 2.05) is 32.6 Å². The number of carbonyl (C=O) groups is 2. The molecule has 0 saturated carbocycles. The van der Waals surface area contributed by atoms with Crippen molar-refractivity contribution in [2.45, 2.75) is 39.3 Å². The molecule has 2 N–H and O–H groups in total. The highest BCUT2D eigenvalue weighted by Gasteiger charge is 2.24. The van der Waals surface area contributed by atoms with Crippen LogP contribution in [0.2, 0.25) is 0 Å². The van der Waals surface area contributed by atoms with Crippen molar-refractivity contribution >= 4 is 17.6 Å². The summed E-state index contributed by atoms with van der Waals surface area (Å²) < 4.78 is 5.35. The lowest BCUT2D eigenvalue weighted by atomic mass is 10.1. The Bertz CT molecular complexity index is 563. The van der Waals surface area contributed by atoms with Gasteiger partial charge in [0.25, 0.3) is 5.91 Å². The second-order valence-electron chi connectivity index (χ2n) is 6.83. The van der Waals surface area contributed by atoms with Gasteiger partial charge in [-0.2, -0.15) is 0 Å². The van der Waals surface area contributed by atoms with Crippen LogP contribution in [0.5, 0.6) is 0 Å². The Morgan fingerprint density at radius 2 is 1.87 bits per heavy atom. The van der Waals surface area contributed by atoms with Crippen LogP contribution in [-0.4, -0.2) is 48.2 Å². The molecule has 23 heavy (non-hydrogen) atoms. The Morgan fingerprint density at radius 3 is 2.43 bits per heavy atom. The van der Waals surface area contributed by atoms with Gasteiger partial charge in [-0.3, -0.25) is 4.79 Å². The van der Waals surface area contributed by atoms with E-state index in [2.05, 4.69) is 10.6 Å². The molecule has 0 aromatic heterocycles. The molecule has 6 heteroatoms. The summed E-state index contributed by atoms with van der Waals surface area (Å²) in [6.07, 6.45) is 0. The van der Waals surface area contributed by atoms with Crippen LogP contribution in [0.4, 0.5) is 10.5 Å². The Morgan fingerprint density at radius 1 is 1.22 bits per heavy atom. The number of hydrogen-bond donors (Lipinski definition) is 2. The minimum Gasteiger partial charge on any atom is -0.377 e. The maximum Gasteiger partial charge on any atom is 0.319 e. The second kappa shape index (κ2) is 7.00. The predicted octanol–water partition coefficient (Wildman–Crippen LogP) is 2.47. The van der Waals surface area contributed by atoms with Crippen LogP contribution in [0.1, 0.15) is 38.1 Å². The Hall–Kier alpha value is -2.08. The molecular weight excluding hydrogens is 294 g/mol. The van der Waals surface area contributed by atoms with E-state index in [1.54, 1.807) is 24.3 Å². The van der Waals surface area contributed by atoms with Gasteiger partial charge in [0.1, 0.15) is 0 Å². The van der Waals surface area contributed by atoms with Crippen molar-refractivity contribution in [2.75, 3.05) is 25.1 Å². The van der Waals surface area contributed by atoms with Crippen molar-refractivity contribution in [3.05, 3.63) is 29.8 Å². The fourth-order valence-corrected chi connectivity index (χ4v) is 2.39. The molecule has 0 spiro atoms. The van der Waals surface area contributed by atoms with Crippen molar-refractivity contribution < 1.29 is 14.3 Å². The van der Waals surface area contributed by atoms with Gasteiger partial charge in [-0.05, 0) is 52.0 Å². The number of morpholine rings is 1. The molecule has 6 nitrogen and oxygen atoms in total.